The van der Waals surface area contributed by atoms with Gasteiger partial charge in [0.1, 0.15) is 0 Å². The van der Waals surface area contributed by atoms with Gasteiger partial charge in [-0.05, 0) is 19.5 Å². The van der Waals surface area contributed by atoms with E-state index in [0.29, 0.717) is 13.1 Å². The van der Waals surface area contributed by atoms with Crippen LogP contribution in [0.25, 0.3) is 0 Å². The Morgan fingerprint density at radius 1 is 0.895 bits per heavy atom. The fraction of sp³-hybridized carbons (Fsp3) is 1.00. The van der Waals surface area contributed by atoms with Gasteiger partial charge in [-0.3, -0.25) is 4.90 Å². The van der Waals surface area contributed by atoms with Crippen LogP contribution in [0.5, 0.6) is 0 Å². The molecule has 19 heavy (non-hydrogen) atoms. The van der Waals surface area contributed by atoms with Gasteiger partial charge in [-0.1, -0.05) is 0 Å². The van der Waals surface area contributed by atoms with Gasteiger partial charge >= 0.3 is 0 Å². The lowest BCUT2D eigenvalue weighted by Crippen LogP contribution is -2.50. The molecule has 2 saturated heterocycles. The Balaban J connectivity index is 1.68. The third-order valence-corrected chi connectivity index (χ3v) is 5.27. The van der Waals surface area contributed by atoms with Crippen molar-refractivity contribution in [3.63, 3.8) is 0 Å². The zero-order valence-corrected chi connectivity index (χ0v) is 12.7. The molecule has 7 heteroatoms. The van der Waals surface area contributed by atoms with Crippen LogP contribution in [0.15, 0.2) is 0 Å². The highest BCUT2D eigenvalue weighted by Gasteiger charge is 2.23. The van der Waals surface area contributed by atoms with Crippen LogP contribution in [-0.2, 0) is 10.0 Å². The minimum absolute atomic E-state index is 0.639. The van der Waals surface area contributed by atoms with Crippen molar-refractivity contribution in [2.75, 3.05) is 71.7 Å². The summed E-state index contributed by atoms with van der Waals surface area (Å²) >= 11 is 0. The predicted octanol–water partition coefficient (Wildman–Crippen LogP) is -1.14. The molecule has 0 aromatic carbocycles. The van der Waals surface area contributed by atoms with Crippen LogP contribution >= 0.6 is 0 Å². The summed E-state index contributed by atoms with van der Waals surface area (Å²) in [6.45, 7) is 9.67. The highest BCUT2D eigenvalue weighted by Crippen LogP contribution is 2.06. The van der Waals surface area contributed by atoms with Gasteiger partial charge in [-0.25, -0.2) is 8.42 Å². The van der Waals surface area contributed by atoms with Crippen LogP contribution in [-0.4, -0.2) is 94.2 Å². The zero-order valence-electron chi connectivity index (χ0n) is 11.8. The molecule has 0 aromatic heterocycles. The Kier molecular flexibility index (Phi) is 5.58. The second-order valence-electron chi connectivity index (χ2n) is 5.45. The van der Waals surface area contributed by atoms with Gasteiger partial charge in [0.15, 0.2) is 0 Å². The quantitative estimate of drug-likeness (QED) is 0.709. The largest absolute Gasteiger partial charge is 0.315 e. The first kappa shape index (κ1) is 15.2. The standard InChI is InChI=1S/C12H26N4O2S/c1-19(17,18)16-11-9-15(10-12-16)8-7-14-5-2-3-13-4-6-14/h13H,2-12H2,1H3. The average molecular weight is 290 g/mol. The monoisotopic (exact) mass is 290 g/mol. The number of nitrogens with one attached hydrogen (secondary N) is 1. The van der Waals surface area contributed by atoms with Crippen LogP contribution in [0.4, 0.5) is 0 Å². The lowest BCUT2D eigenvalue weighted by molar-refractivity contribution is 0.162. The Bertz CT molecular complexity index is 358. The molecule has 6 nitrogen and oxygen atoms in total. The number of nitrogens with zero attached hydrogens (tertiary/aromatic N) is 3. The van der Waals surface area contributed by atoms with Crippen LogP contribution in [0.1, 0.15) is 6.42 Å². The number of rotatable bonds is 4. The molecule has 2 fully saturated rings. The highest BCUT2D eigenvalue weighted by molar-refractivity contribution is 7.88. The molecule has 0 bridgehead atoms. The molecule has 0 aliphatic carbocycles. The van der Waals surface area contributed by atoms with E-state index in [9.17, 15) is 8.42 Å². The summed E-state index contributed by atoms with van der Waals surface area (Å²) in [5.74, 6) is 0. The molecule has 0 amide bonds. The van der Waals surface area contributed by atoms with Crippen LogP contribution in [0.3, 0.4) is 0 Å². The number of hydrogen-bond acceptors (Lipinski definition) is 5. The van der Waals surface area contributed by atoms with Crippen molar-refractivity contribution < 1.29 is 8.42 Å². The highest BCUT2D eigenvalue weighted by atomic mass is 32.2. The first-order valence-corrected chi connectivity index (χ1v) is 9.01. The van der Waals surface area contributed by atoms with Gasteiger partial charge in [0.25, 0.3) is 0 Å². The van der Waals surface area contributed by atoms with Gasteiger partial charge in [-0.15, -0.1) is 0 Å². The van der Waals surface area contributed by atoms with Crippen molar-refractivity contribution in [3.05, 3.63) is 0 Å². The smallest absolute Gasteiger partial charge is 0.211 e. The molecule has 2 aliphatic rings. The molecule has 112 valence electrons. The van der Waals surface area contributed by atoms with Crippen molar-refractivity contribution in [1.29, 1.82) is 0 Å². The first-order chi connectivity index (χ1) is 9.05. The Morgan fingerprint density at radius 3 is 2.16 bits per heavy atom. The van der Waals surface area contributed by atoms with Gasteiger partial charge in [0.05, 0.1) is 6.26 Å². The Labute approximate surface area is 116 Å². The van der Waals surface area contributed by atoms with E-state index >= 15 is 0 Å². The molecular weight excluding hydrogens is 264 g/mol. The fourth-order valence-electron chi connectivity index (χ4n) is 2.69. The molecule has 0 saturated carbocycles. The van der Waals surface area contributed by atoms with Gasteiger partial charge in [-0.2, -0.15) is 4.31 Å². The van der Waals surface area contributed by atoms with Crippen LogP contribution in [0, 0.1) is 0 Å². The fourth-order valence-corrected chi connectivity index (χ4v) is 3.52. The van der Waals surface area contributed by atoms with Crippen molar-refractivity contribution in [2.45, 2.75) is 6.42 Å². The molecule has 2 heterocycles. The summed E-state index contributed by atoms with van der Waals surface area (Å²) in [6, 6.07) is 0. The maximum absolute atomic E-state index is 11.4. The average Bonchev–Trinajstić information content (AvgIpc) is 2.64. The van der Waals surface area contributed by atoms with Crippen LogP contribution in [0.2, 0.25) is 0 Å². The van der Waals surface area contributed by atoms with Crippen molar-refractivity contribution >= 4 is 10.0 Å². The zero-order chi connectivity index (χ0) is 13.7. The number of piperazine rings is 1. The van der Waals surface area contributed by atoms with E-state index in [2.05, 4.69) is 15.1 Å². The summed E-state index contributed by atoms with van der Waals surface area (Å²) < 4.78 is 24.4. The number of hydrogen-bond donors (Lipinski definition) is 1. The van der Waals surface area contributed by atoms with Gasteiger partial charge in [0.2, 0.25) is 10.0 Å². The predicted molar refractivity (Wildman–Crippen MR) is 76.8 cm³/mol. The molecule has 2 rings (SSSR count). The lowest BCUT2D eigenvalue weighted by Gasteiger charge is -2.34. The normalized spacial score (nSPS) is 25.3. The summed E-state index contributed by atoms with van der Waals surface area (Å²) in [7, 11) is -3.00. The van der Waals surface area contributed by atoms with Gasteiger partial charge < -0.3 is 10.2 Å². The molecular formula is C12H26N4O2S. The summed E-state index contributed by atoms with van der Waals surface area (Å²) in [5.41, 5.74) is 0. The summed E-state index contributed by atoms with van der Waals surface area (Å²) in [5, 5.41) is 3.41. The molecule has 1 N–H and O–H groups in total. The maximum Gasteiger partial charge on any atom is 0.211 e. The first-order valence-electron chi connectivity index (χ1n) is 7.16. The minimum atomic E-state index is -3.00. The van der Waals surface area contributed by atoms with E-state index in [1.165, 1.54) is 19.2 Å². The molecule has 0 atom stereocenters. The minimum Gasteiger partial charge on any atom is -0.315 e. The third-order valence-electron chi connectivity index (χ3n) is 3.97. The van der Waals surface area contributed by atoms with E-state index in [4.69, 9.17) is 0 Å². The van der Waals surface area contributed by atoms with Crippen molar-refractivity contribution in [3.8, 4) is 0 Å². The topological polar surface area (TPSA) is 55.9 Å². The van der Waals surface area contributed by atoms with Gasteiger partial charge in [0, 0.05) is 52.4 Å². The maximum atomic E-state index is 11.4. The van der Waals surface area contributed by atoms with E-state index in [1.54, 1.807) is 4.31 Å². The Morgan fingerprint density at radius 2 is 1.53 bits per heavy atom. The second-order valence-corrected chi connectivity index (χ2v) is 7.43. The molecule has 0 unspecified atom stereocenters. The third kappa shape index (κ3) is 5.00. The molecule has 0 aromatic rings. The van der Waals surface area contributed by atoms with Crippen molar-refractivity contribution in [1.82, 2.24) is 19.4 Å². The van der Waals surface area contributed by atoms with Crippen LogP contribution < -0.4 is 5.32 Å². The molecule has 2 aliphatic heterocycles. The van der Waals surface area contributed by atoms with E-state index in [0.717, 1.165) is 45.8 Å². The Hall–Kier alpha value is -0.210. The van der Waals surface area contributed by atoms with Crippen molar-refractivity contribution in [2.24, 2.45) is 0 Å². The molecule has 0 radical (unpaired) electrons. The van der Waals surface area contributed by atoms with E-state index in [-0.39, 0.29) is 0 Å². The summed E-state index contributed by atoms with van der Waals surface area (Å²) in [4.78, 5) is 4.88. The lowest BCUT2D eigenvalue weighted by atomic mass is 10.3. The number of sulfonamides is 1. The summed E-state index contributed by atoms with van der Waals surface area (Å²) in [6.07, 6.45) is 2.52. The second kappa shape index (κ2) is 6.99. The molecule has 0 spiro atoms. The SMILES string of the molecule is CS(=O)(=O)N1CCN(CCN2CCCNCC2)CC1. The van der Waals surface area contributed by atoms with E-state index < -0.39 is 10.0 Å². The van der Waals surface area contributed by atoms with E-state index in [1.807, 2.05) is 0 Å².